The van der Waals surface area contributed by atoms with Crippen LogP contribution >= 0.6 is 15.9 Å². The van der Waals surface area contributed by atoms with Crippen molar-refractivity contribution < 1.29 is 18.7 Å². The van der Waals surface area contributed by atoms with Crippen LogP contribution in [0.4, 0.5) is 10.2 Å². The van der Waals surface area contributed by atoms with Gasteiger partial charge in [0.25, 0.3) is 11.5 Å². The summed E-state index contributed by atoms with van der Waals surface area (Å²) in [5, 5.41) is 6.70. The molecular weight excluding hydrogens is 475 g/mol. The molecule has 0 fully saturated rings. The Kier molecular flexibility index (Phi) is 5.58. The Morgan fingerprint density at radius 1 is 1.39 bits per heavy atom. The van der Waals surface area contributed by atoms with Crippen LogP contribution in [0.2, 0.25) is 0 Å². The normalized spacial score (nSPS) is 14.2. The highest BCUT2D eigenvalue weighted by atomic mass is 79.9. The molecule has 0 saturated carbocycles. The van der Waals surface area contributed by atoms with E-state index in [1.54, 1.807) is 6.07 Å². The molecule has 3 aromatic rings. The van der Waals surface area contributed by atoms with Gasteiger partial charge in [0.1, 0.15) is 34.1 Å². The second kappa shape index (κ2) is 8.19. The van der Waals surface area contributed by atoms with E-state index in [2.05, 4.69) is 31.3 Å². The van der Waals surface area contributed by atoms with E-state index in [0.29, 0.717) is 11.2 Å². The van der Waals surface area contributed by atoms with E-state index in [1.165, 1.54) is 28.7 Å². The van der Waals surface area contributed by atoms with E-state index in [1.807, 2.05) is 6.92 Å². The molecule has 0 aromatic carbocycles. The number of carbonyl (C=O) groups excluding carboxylic acids is 2. The SMILES string of the molecule is COCC(C)N1Cc2c(n(CC(=O)Nc3ccc(F)cn3)c3cc(Br)nn3c2=O)C1=O. The van der Waals surface area contributed by atoms with E-state index in [0.717, 1.165) is 10.7 Å². The second-order valence-electron chi connectivity index (χ2n) is 7.10. The van der Waals surface area contributed by atoms with E-state index < -0.39 is 17.3 Å². The summed E-state index contributed by atoms with van der Waals surface area (Å²) in [5.41, 5.74) is 0.249. The number of aromatic nitrogens is 4. The molecule has 1 aliphatic rings. The molecule has 4 heterocycles. The molecule has 12 heteroatoms. The highest BCUT2D eigenvalue weighted by Gasteiger charge is 2.37. The molecular formula is C19H18BrFN6O4. The molecule has 0 spiro atoms. The van der Waals surface area contributed by atoms with Crippen molar-refractivity contribution >= 4 is 39.2 Å². The number of amides is 2. The van der Waals surface area contributed by atoms with Gasteiger partial charge < -0.3 is 19.5 Å². The van der Waals surface area contributed by atoms with Crippen molar-refractivity contribution in [2.24, 2.45) is 0 Å². The summed E-state index contributed by atoms with van der Waals surface area (Å²) in [5.74, 6) is -1.24. The third-order valence-corrected chi connectivity index (χ3v) is 5.36. The van der Waals surface area contributed by atoms with Crippen LogP contribution in [0.15, 0.2) is 33.8 Å². The van der Waals surface area contributed by atoms with Crippen LogP contribution in [0.1, 0.15) is 23.0 Å². The molecule has 1 unspecified atom stereocenters. The minimum absolute atomic E-state index is 0.0894. The van der Waals surface area contributed by atoms with Crippen LogP contribution in [0.5, 0.6) is 0 Å². The number of hydrogen-bond donors (Lipinski definition) is 1. The van der Waals surface area contributed by atoms with E-state index >= 15 is 0 Å². The third kappa shape index (κ3) is 3.83. The van der Waals surface area contributed by atoms with E-state index in [-0.39, 0.29) is 47.8 Å². The summed E-state index contributed by atoms with van der Waals surface area (Å²) in [6.07, 6.45) is 0.984. The maximum absolute atomic E-state index is 13.2. The minimum atomic E-state index is -0.530. The van der Waals surface area contributed by atoms with Gasteiger partial charge in [-0.3, -0.25) is 14.4 Å². The van der Waals surface area contributed by atoms with Crippen LogP contribution < -0.4 is 10.9 Å². The number of carbonyl (C=O) groups is 2. The molecule has 1 aliphatic heterocycles. The Bertz CT molecular complexity index is 1240. The lowest BCUT2D eigenvalue weighted by Crippen LogP contribution is -2.37. The number of anilines is 1. The molecule has 0 radical (unpaired) electrons. The van der Waals surface area contributed by atoms with Crippen molar-refractivity contribution in [3.63, 3.8) is 0 Å². The molecule has 162 valence electrons. The van der Waals surface area contributed by atoms with Crippen LogP contribution in [0.25, 0.3) is 5.65 Å². The Hall–Kier alpha value is -3.12. The Morgan fingerprint density at radius 2 is 2.16 bits per heavy atom. The summed E-state index contributed by atoms with van der Waals surface area (Å²) in [6.45, 7) is 1.93. The molecule has 31 heavy (non-hydrogen) atoms. The van der Waals surface area contributed by atoms with Crippen molar-refractivity contribution in [2.45, 2.75) is 26.1 Å². The van der Waals surface area contributed by atoms with Crippen LogP contribution in [0.3, 0.4) is 0 Å². The lowest BCUT2D eigenvalue weighted by atomic mass is 10.2. The number of halogens is 2. The summed E-state index contributed by atoms with van der Waals surface area (Å²) in [4.78, 5) is 44.2. The van der Waals surface area contributed by atoms with Gasteiger partial charge >= 0.3 is 0 Å². The molecule has 10 nitrogen and oxygen atoms in total. The maximum atomic E-state index is 13.2. The predicted molar refractivity (Wildman–Crippen MR) is 111 cm³/mol. The first-order valence-electron chi connectivity index (χ1n) is 9.32. The number of fused-ring (bicyclic) bond motifs is 2. The molecule has 3 aromatic heterocycles. The van der Waals surface area contributed by atoms with Gasteiger partial charge in [0, 0.05) is 13.2 Å². The van der Waals surface area contributed by atoms with Gasteiger partial charge in [0.05, 0.1) is 31.0 Å². The second-order valence-corrected chi connectivity index (χ2v) is 7.92. The topological polar surface area (TPSA) is 111 Å². The van der Waals surface area contributed by atoms with Gasteiger partial charge in [-0.15, -0.1) is 0 Å². The molecule has 1 N–H and O–H groups in total. The third-order valence-electron chi connectivity index (χ3n) is 4.97. The fourth-order valence-corrected chi connectivity index (χ4v) is 3.94. The van der Waals surface area contributed by atoms with Gasteiger partial charge in [-0.2, -0.15) is 9.61 Å². The monoisotopic (exact) mass is 492 g/mol. The molecule has 4 rings (SSSR count). The van der Waals surface area contributed by atoms with Crippen molar-refractivity contribution in [3.8, 4) is 0 Å². The zero-order valence-corrected chi connectivity index (χ0v) is 18.2. The number of pyridine rings is 1. The molecule has 0 bridgehead atoms. The Balaban J connectivity index is 1.75. The van der Waals surface area contributed by atoms with E-state index in [9.17, 15) is 18.8 Å². The largest absolute Gasteiger partial charge is 0.383 e. The first kappa shape index (κ1) is 21.1. The number of nitrogens with zero attached hydrogens (tertiary/aromatic N) is 5. The smallest absolute Gasteiger partial charge is 0.280 e. The Labute approximate surface area is 183 Å². The zero-order chi connectivity index (χ0) is 22.3. The number of nitrogens with one attached hydrogen (secondary N) is 1. The first-order chi connectivity index (χ1) is 14.8. The molecule has 0 saturated heterocycles. The highest BCUT2D eigenvalue weighted by molar-refractivity contribution is 9.10. The van der Waals surface area contributed by atoms with Crippen LogP contribution in [-0.2, 0) is 22.6 Å². The zero-order valence-electron chi connectivity index (χ0n) is 16.6. The maximum Gasteiger partial charge on any atom is 0.280 e. The number of methoxy groups -OCH3 is 1. The van der Waals surface area contributed by atoms with Crippen molar-refractivity contribution in [1.82, 2.24) is 24.1 Å². The fraction of sp³-hybridized carbons (Fsp3) is 0.316. The standard InChI is InChI=1S/C19H18BrFN6O4/c1-10(9-31-2)25-7-12-17(19(25)30)26(16-5-13(20)24-27(16)18(12)29)8-15(28)23-14-4-3-11(21)6-22-14/h3-6,10H,7-9H2,1-2H3,(H,22,23,28). The lowest BCUT2D eigenvalue weighted by molar-refractivity contribution is -0.116. The molecule has 1 atom stereocenters. The number of hydrogen-bond acceptors (Lipinski definition) is 6. The van der Waals surface area contributed by atoms with Gasteiger partial charge in [0.2, 0.25) is 5.91 Å². The van der Waals surface area contributed by atoms with Crippen LogP contribution in [0, 0.1) is 5.82 Å². The van der Waals surface area contributed by atoms with Gasteiger partial charge in [-0.1, -0.05) is 0 Å². The van der Waals surface area contributed by atoms with Gasteiger partial charge in [-0.05, 0) is 35.0 Å². The lowest BCUT2D eigenvalue weighted by Gasteiger charge is -2.23. The minimum Gasteiger partial charge on any atom is -0.383 e. The van der Waals surface area contributed by atoms with Crippen molar-refractivity contribution in [2.75, 3.05) is 19.0 Å². The van der Waals surface area contributed by atoms with Crippen molar-refractivity contribution in [1.29, 1.82) is 0 Å². The van der Waals surface area contributed by atoms with E-state index in [4.69, 9.17) is 4.74 Å². The highest BCUT2D eigenvalue weighted by Crippen LogP contribution is 2.25. The Morgan fingerprint density at radius 3 is 2.84 bits per heavy atom. The fourth-order valence-electron chi connectivity index (χ4n) is 3.58. The summed E-state index contributed by atoms with van der Waals surface area (Å²) in [6, 6.07) is 3.78. The van der Waals surface area contributed by atoms with Gasteiger partial charge in [0.15, 0.2) is 0 Å². The average molecular weight is 493 g/mol. The first-order valence-corrected chi connectivity index (χ1v) is 10.1. The molecule has 0 aliphatic carbocycles. The summed E-state index contributed by atoms with van der Waals surface area (Å²) >= 11 is 3.24. The average Bonchev–Trinajstić information content (AvgIpc) is 3.28. The number of rotatable bonds is 6. The molecule has 2 amide bonds. The van der Waals surface area contributed by atoms with Gasteiger partial charge in [-0.25, -0.2) is 9.37 Å². The predicted octanol–water partition coefficient (Wildman–Crippen LogP) is 1.42. The number of ether oxygens (including phenoxy) is 1. The quantitative estimate of drug-likeness (QED) is 0.557. The summed E-state index contributed by atoms with van der Waals surface area (Å²) in [7, 11) is 1.53. The van der Waals surface area contributed by atoms with Crippen LogP contribution in [-0.4, -0.2) is 55.6 Å². The van der Waals surface area contributed by atoms with Crippen molar-refractivity contribution in [3.05, 3.63) is 56.4 Å². The summed E-state index contributed by atoms with van der Waals surface area (Å²) < 4.78 is 21.2.